The number of aliphatic imine (C=N–C) groups is 1. The molecule has 0 spiro atoms. The normalized spacial score (nSPS) is 16.6. The molecule has 9 heteroatoms. The number of fused-ring (bicyclic) bond motifs is 1. The Hall–Kier alpha value is -4.34. The van der Waals surface area contributed by atoms with Crippen molar-refractivity contribution in [2.45, 2.75) is 78.4 Å². The molecule has 0 radical (unpaired) electrons. The van der Waals surface area contributed by atoms with E-state index in [-0.39, 0.29) is 36.6 Å². The van der Waals surface area contributed by atoms with E-state index in [1.54, 1.807) is 9.80 Å². The summed E-state index contributed by atoms with van der Waals surface area (Å²) in [5.41, 5.74) is 6.12. The molecule has 1 unspecified atom stereocenters. The first-order valence-electron chi connectivity index (χ1n) is 18.4. The zero-order valence-electron chi connectivity index (χ0n) is 30.1. The maximum absolute atomic E-state index is 14.5. The van der Waals surface area contributed by atoms with Gasteiger partial charge in [0.1, 0.15) is 5.71 Å². The van der Waals surface area contributed by atoms with Gasteiger partial charge in [-0.3, -0.25) is 24.9 Å². The van der Waals surface area contributed by atoms with Gasteiger partial charge in [0.05, 0.1) is 23.9 Å². The molecule has 0 aromatic heterocycles. The fraction of sp³-hybridized carbons (Fsp3) is 0.463. The van der Waals surface area contributed by atoms with Gasteiger partial charge in [0.2, 0.25) is 0 Å². The number of aliphatic hydroxyl groups excluding tert-OH is 1. The number of aliphatic hydroxyl groups is 1. The van der Waals surface area contributed by atoms with Crippen molar-refractivity contribution >= 4 is 34.6 Å². The van der Waals surface area contributed by atoms with Gasteiger partial charge in [0.15, 0.2) is 0 Å². The lowest BCUT2D eigenvalue weighted by Gasteiger charge is -2.37. The molecule has 9 nitrogen and oxygen atoms in total. The van der Waals surface area contributed by atoms with E-state index < -0.39 is 0 Å². The molecule has 2 heterocycles. The van der Waals surface area contributed by atoms with Crippen LogP contribution in [0.5, 0.6) is 0 Å². The smallest absolute Gasteiger partial charge is 0.267 e. The van der Waals surface area contributed by atoms with Crippen LogP contribution in [-0.4, -0.2) is 95.0 Å². The van der Waals surface area contributed by atoms with Crippen LogP contribution in [0.2, 0.25) is 0 Å². The van der Waals surface area contributed by atoms with Crippen molar-refractivity contribution in [3.05, 3.63) is 95.1 Å². The standard InChI is InChI=1S/C41H54N6O3/c1-4-6-19-46(20-7-5-2)41(50)38(42)25-31(3)43-39-18-17-35(45-23-21-44(22-24-45)28-32-13-9-8-10-14-32)27-37(39)40(49)47-29-34-16-12-11-15-33(34)26-36(47)30-48/h8-18,27,36,42,48H,4-7,19-26,28-30H2,1-3H3. The number of anilines is 1. The zero-order valence-corrected chi connectivity index (χ0v) is 30.1. The van der Waals surface area contributed by atoms with Crippen LogP contribution >= 0.6 is 0 Å². The number of hydrogen-bond donors (Lipinski definition) is 2. The third-order valence-corrected chi connectivity index (χ3v) is 9.88. The van der Waals surface area contributed by atoms with Gasteiger partial charge in [0.25, 0.3) is 11.8 Å². The maximum Gasteiger partial charge on any atom is 0.267 e. The van der Waals surface area contributed by atoms with Crippen molar-refractivity contribution in [1.29, 1.82) is 5.41 Å². The van der Waals surface area contributed by atoms with Crippen LogP contribution in [0.4, 0.5) is 11.4 Å². The third kappa shape index (κ3) is 9.46. The van der Waals surface area contributed by atoms with Gasteiger partial charge in [-0.25, -0.2) is 0 Å². The van der Waals surface area contributed by atoms with Gasteiger partial charge < -0.3 is 19.8 Å². The van der Waals surface area contributed by atoms with E-state index in [0.717, 1.165) is 75.2 Å². The van der Waals surface area contributed by atoms with Crippen LogP contribution < -0.4 is 4.90 Å². The topological polar surface area (TPSA) is 104 Å². The maximum atomic E-state index is 14.5. The van der Waals surface area contributed by atoms with Crippen molar-refractivity contribution in [2.24, 2.45) is 4.99 Å². The molecule has 0 saturated carbocycles. The average molecular weight is 679 g/mol. The van der Waals surface area contributed by atoms with Crippen LogP contribution in [0.15, 0.2) is 77.8 Å². The second-order valence-electron chi connectivity index (χ2n) is 13.7. The predicted molar refractivity (Wildman–Crippen MR) is 203 cm³/mol. The number of unbranched alkanes of at least 4 members (excludes halogenated alkanes) is 2. The molecule has 2 aliphatic heterocycles. The molecule has 1 atom stereocenters. The number of carbonyl (C=O) groups is 2. The number of carbonyl (C=O) groups excluding carboxylic acids is 2. The predicted octanol–water partition coefficient (Wildman–Crippen LogP) is 6.50. The second kappa shape index (κ2) is 18.1. The number of amides is 2. The number of nitrogens with zero attached hydrogens (tertiary/aromatic N) is 5. The number of rotatable bonds is 15. The molecule has 0 aliphatic carbocycles. The van der Waals surface area contributed by atoms with Crippen LogP contribution in [-0.2, 0) is 24.3 Å². The minimum atomic E-state index is -0.344. The van der Waals surface area contributed by atoms with E-state index in [1.807, 2.05) is 49.4 Å². The Bertz CT molecular complexity index is 1620. The molecular formula is C41H54N6O3. The van der Waals surface area contributed by atoms with Gasteiger partial charge in [0, 0.05) is 70.2 Å². The van der Waals surface area contributed by atoms with Crippen LogP contribution in [0.1, 0.15) is 79.9 Å². The lowest BCUT2D eigenvalue weighted by Crippen LogP contribution is -2.47. The zero-order chi connectivity index (χ0) is 35.5. The van der Waals surface area contributed by atoms with E-state index in [1.165, 1.54) is 5.56 Å². The minimum Gasteiger partial charge on any atom is -0.394 e. The third-order valence-electron chi connectivity index (χ3n) is 9.88. The van der Waals surface area contributed by atoms with E-state index in [0.29, 0.717) is 43.0 Å². The van der Waals surface area contributed by atoms with Gasteiger partial charge in [-0.2, -0.15) is 0 Å². The molecule has 1 saturated heterocycles. The van der Waals surface area contributed by atoms with Crippen molar-refractivity contribution in [3.8, 4) is 0 Å². The Morgan fingerprint density at radius 2 is 1.56 bits per heavy atom. The van der Waals surface area contributed by atoms with E-state index in [2.05, 4.69) is 54.0 Å². The first kappa shape index (κ1) is 36.9. The summed E-state index contributed by atoms with van der Waals surface area (Å²) < 4.78 is 0. The summed E-state index contributed by atoms with van der Waals surface area (Å²) in [6, 6.07) is 24.2. The fourth-order valence-electron chi connectivity index (χ4n) is 6.92. The van der Waals surface area contributed by atoms with Crippen molar-refractivity contribution < 1.29 is 14.7 Å². The molecule has 3 aromatic rings. The number of piperazine rings is 1. The highest BCUT2D eigenvalue weighted by molar-refractivity contribution is 6.40. The summed E-state index contributed by atoms with van der Waals surface area (Å²) in [4.78, 5) is 41.0. The SMILES string of the molecule is CCCCN(CCCC)C(=O)C(=N)CC(C)=Nc1ccc(N2CCN(Cc3ccccc3)CC2)cc1C(=O)N1Cc2ccccc2CC1CO. The monoisotopic (exact) mass is 678 g/mol. The number of nitrogens with one attached hydrogen (secondary N) is 1. The Morgan fingerprint density at radius 3 is 2.22 bits per heavy atom. The summed E-state index contributed by atoms with van der Waals surface area (Å²) in [5, 5.41) is 19.1. The van der Waals surface area contributed by atoms with Crippen LogP contribution in [0.25, 0.3) is 0 Å². The first-order valence-corrected chi connectivity index (χ1v) is 18.4. The highest BCUT2D eigenvalue weighted by atomic mass is 16.3. The lowest BCUT2D eigenvalue weighted by atomic mass is 9.93. The minimum absolute atomic E-state index is 0.0179. The fourth-order valence-corrected chi connectivity index (χ4v) is 6.92. The molecular weight excluding hydrogens is 624 g/mol. The molecule has 3 aromatic carbocycles. The number of hydrogen-bond acceptors (Lipinski definition) is 7. The Morgan fingerprint density at radius 1 is 0.900 bits per heavy atom. The molecule has 2 N–H and O–H groups in total. The Labute approximate surface area is 298 Å². The number of benzene rings is 3. The van der Waals surface area contributed by atoms with Gasteiger partial charge >= 0.3 is 0 Å². The molecule has 1 fully saturated rings. The molecule has 5 rings (SSSR count). The summed E-state index contributed by atoms with van der Waals surface area (Å²) in [7, 11) is 0. The lowest BCUT2D eigenvalue weighted by molar-refractivity contribution is -0.124. The highest BCUT2D eigenvalue weighted by Gasteiger charge is 2.32. The largest absolute Gasteiger partial charge is 0.394 e. The van der Waals surface area contributed by atoms with Gasteiger partial charge in [-0.05, 0) is 61.1 Å². The molecule has 0 bridgehead atoms. The quantitative estimate of drug-likeness (QED) is 0.179. The molecule has 2 amide bonds. The van der Waals surface area contributed by atoms with Crippen LogP contribution in [0.3, 0.4) is 0 Å². The Balaban J connectivity index is 1.39. The van der Waals surface area contributed by atoms with Crippen molar-refractivity contribution in [2.75, 3.05) is 50.8 Å². The van der Waals surface area contributed by atoms with E-state index in [4.69, 9.17) is 10.4 Å². The highest BCUT2D eigenvalue weighted by Crippen LogP contribution is 2.32. The van der Waals surface area contributed by atoms with Crippen molar-refractivity contribution in [1.82, 2.24) is 14.7 Å². The summed E-state index contributed by atoms with van der Waals surface area (Å²) in [6.07, 6.45) is 4.49. The average Bonchev–Trinajstić information content (AvgIpc) is 3.14. The van der Waals surface area contributed by atoms with Crippen LogP contribution in [0, 0.1) is 5.41 Å². The summed E-state index contributed by atoms with van der Waals surface area (Å²) >= 11 is 0. The van der Waals surface area contributed by atoms with E-state index >= 15 is 0 Å². The van der Waals surface area contributed by atoms with Gasteiger partial charge in [-0.1, -0.05) is 81.3 Å². The van der Waals surface area contributed by atoms with E-state index in [9.17, 15) is 14.7 Å². The summed E-state index contributed by atoms with van der Waals surface area (Å²) in [6.45, 7) is 12.0. The van der Waals surface area contributed by atoms with Crippen molar-refractivity contribution in [3.63, 3.8) is 0 Å². The summed E-state index contributed by atoms with van der Waals surface area (Å²) in [5.74, 6) is -0.414. The van der Waals surface area contributed by atoms with Gasteiger partial charge in [-0.15, -0.1) is 0 Å². The second-order valence-corrected chi connectivity index (χ2v) is 13.7. The molecule has 2 aliphatic rings. The molecule has 50 heavy (non-hydrogen) atoms. The first-order chi connectivity index (χ1) is 24.3. The Kier molecular flexibility index (Phi) is 13.3. The molecule has 266 valence electrons.